The first-order valence-electron chi connectivity index (χ1n) is 8.33. The molecule has 0 N–H and O–H groups in total. The van der Waals surface area contributed by atoms with Gasteiger partial charge in [-0.15, -0.1) is 11.3 Å². The fourth-order valence-corrected chi connectivity index (χ4v) is 3.78. The second-order valence-corrected chi connectivity index (χ2v) is 6.80. The summed E-state index contributed by atoms with van der Waals surface area (Å²) in [6.07, 6.45) is 2.24. The van der Waals surface area contributed by atoms with Crippen molar-refractivity contribution in [3.05, 3.63) is 57.0 Å². The number of carbonyl (C=O) groups is 1. The second kappa shape index (κ2) is 7.70. The minimum Gasteiger partial charge on any atom is -0.497 e. The molecular formula is C19H20N2O4S. The standard InChI is InChI=1S/C19H20N2O4S/c1-4-25-19(23)16-12(2)15-17(26-16)20-11-21(18(15)22)10-9-13-5-7-14(24-3)8-6-13/h5-8,11H,4,9-10H2,1-3H3. The maximum Gasteiger partial charge on any atom is 0.348 e. The highest BCUT2D eigenvalue weighted by molar-refractivity contribution is 7.20. The number of ether oxygens (including phenoxy) is 2. The van der Waals surface area contributed by atoms with Crippen LogP contribution >= 0.6 is 11.3 Å². The van der Waals surface area contributed by atoms with Gasteiger partial charge in [0.2, 0.25) is 0 Å². The van der Waals surface area contributed by atoms with E-state index in [1.165, 1.54) is 11.3 Å². The third-order valence-electron chi connectivity index (χ3n) is 4.18. The zero-order valence-corrected chi connectivity index (χ0v) is 15.8. The first-order valence-corrected chi connectivity index (χ1v) is 9.15. The van der Waals surface area contributed by atoms with Gasteiger partial charge in [0.15, 0.2) is 0 Å². The van der Waals surface area contributed by atoms with Crippen molar-refractivity contribution >= 4 is 27.5 Å². The van der Waals surface area contributed by atoms with Gasteiger partial charge in [-0.1, -0.05) is 12.1 Å². The van der Waals surface area contributed by atoms with Crippen LogP contribution in [-0.2, 0) is 17.7 Å². The van der Waals surface area contributed by atoms with Gasteiger partial charge in [0.25, 0.3) is 5.56 Å². The van der Waals surface area contributed by atoms with Crippen molar-refractivity contribution in [2.75, 3.05) is 13.7 Å². The summed E-state index contributed by atoms with van der Waals surface area (Å²) in [7, 11) is 1.63. The van der Waals surface area contributed by atoms with Crippen LogP contribution < -0.4 is 10.3 Å². The molecule has 0 amide bonds. The number of aryl methyl sites for hydroxylation is 3. The van der Waals surface area contributed by atoms with E-state index in [0.29, 0.717) is 40.2 Å². The van der Waals surface area contributed by atoms with Gasteiger partial charge in [0.05, 0.1) is 25.4 Å². The number of benzene rings is 1. The number of fused-ring (bicyclic) bond motifs is 1. The quantitative estimate of drug-likeness (QED) is 0.622. The lowest BCUT2D eigenvalue weighted by Gasteiger charge is -2.06. The van der Waals surface area contributed by atoms with Crippen molar-refractivity contribution in [1.29, 1.82) is 0 Å². The molecule has 0 aliphatic heterocycles. The molecule has 1 aromatic carbocycles. The largest absolute Gasteiger partial charge is 0.497 e. The van der Waals surface area contributed by atoms with Crippen molar-refractivity contribution < 1.29 is 14.3 Å². The lowest BCUT2D eigenvalue weighted by atomic mass is 10.1. The predicted molar refractivity (Wildman–Crippen MR) is 101 cm³/mol. The molecule has 0 aliphatic rings. The fraction of sp³-hybridized carbons (Fsp3) is 0.316. The summed E-state index contributed by atoms with van der Waals surface area (Å²) in [5, 5.41) is 0.496. The summed E-state index contributed by atoms with van der Waals surface area (Å²) in [6, 6.07) is 7.75. The normalized spacial score (nSPS) is 10.9. The van der Waals surface area contributed by atoms with Crippen molar-refractivity contribution in [2.45, 2.75) is 26.8 Å². The number of nitrogens with zero attached hydrogens (tertiary/aromatic N) is 2. The van der Waals surface area contributed by atoms with Crippen LogP contribution in [0.25, 0.3) is 10.2 Å². The monoisotopic (exact) mass is 372 g/mol. The summed E-state index contributed by atoms with van der Waals surface area (Å²) in [6.45, 7) is 4.33. The van der Waals surface area contributed by atoms with Gasteiger partial charge in [-0.25, -0.2) is 9.78 Å². The minimum atomic E-state index is -0.405. The molecule has 0 fully saturated rings. The highest BCUT2D eigenvalue weighted by Crippen LogP contribution is 2.27. The van der Waals surface area contributed by atoms with E-state index in [1.54, 1.807) is 31.9 Å². The lowest BCUT2D eigenvalue weighted by molar-refractivity contribution is 0.0531. The molecule has 0 atom stereocenters. The molecule has 3 rings (SSSR count). The van der Waals surface area contributed by atoms with E-state index in [-0.39, 0.29) is 5.56 Å². The van der Waals surface area contributed by atoms with Crippen LogP contribution in [0.4, 0.5) is 0 Å². The molecule has 2 aromatic heterocycles. The molecule has 0 radical (unpaired) electrons. The van der Waals surface area contributed by atoms with Crippen molar-refractivity contribution in [3.63, 3.8) is 0 Å². The summed E-state index contributed by atoms with van der Waals surface area (Å²) in [4.78, 5) is 30.2. The predicted octanol–water partition coefficient (Wildman–Crippen LogP) is 3.19. The van der Waals surface area contributed by atoms with Crippen molar-refractivity contribution in [1.82, 2.24) is 9.55 Å². The van der Waals surface area contributed by atoms with Crippen LogP contribution in [0, 0.1) is 6.92 Å². The van der Waals surface area contributed by atoms with E-state index in [2.05, 4.69) is 4.98 Å². The number of hydrogen-bond acceptors (Lipinski definition) is 6. The topological polar surface area (TPSA) is 70.4 Å². The van der Waals surface area contributed by atoms with Crippen LogP contribution in [0.5, 0.6) is 5.75 Å². The van der Waals surface area contributed by atoms with Gasteiger partial charge in [-0.3, -0.25) is 9.36 Å². The van der Waals surface area contributed by atoms with E-state index in [9.17, 15) is 9.59 Å². The zero-order valence-electron chi connectivity index (χ0n) is 14.9. The average molecular weight is 372 g/mol. The van der Waals surface area contributed by atoms with Crippen LogP contribution in [0.1, 0.15) is 27.7 Å². The summed E-state index contributed by atoms with van der Waals surface area (Å²) in [5.74, 6) is 0.395. The maximum atomic E-state index is 12.8. The molecule has 0 bridgehead atoms. The van der Waals surface area contributed by atoms with Gasteiger partial charge in [0.1, 0.15) is 15.5 Å². The maximum absolute atomic E-state index is 12.8. The van der Waals surface area contributed by atoms with E-state index in [4.69, 9.17) is 9.47 Å². The van der Waals surface area contributed by atoms with E-state index in [1.807, 2.05) is 24.3 Å². The number of methoxy groups -OCH3 is 1. The Morgan fingerprint density at radius 2 is 2.00 bits per heavy atom. The molecule has 2 heterocycles. The molecule has 0 saturated heterocycles. The third-order valence-corrected chi connectivity index (χ3v) is 5.36. The molecule has 3 aromatic rings. The lowest BCUT2D eigenvalue weighted by Crippen LogP contribution is -2.21. The van der Waals surface area contributed by atoms with Crippen LogP contribution in [-0.4, -0.2) is 29.2 Å². The Morgan fingerprint density at radius 3 is 2.65 bits per heavy atom. The summed E-state index contributed by atoms with van der Waals surface area (Å²) >= 11 is 1.20. The van der Waals surface area contributed by atoms with E-state index in [0.717, 1.165) is 11.3 Å². The molecule has 0 saturated carbocycles. The SMILES string of the molecule is CCOC(=O)c1sc2ncn(CCc3ccc(OC)cc3)c(=O)c2c1C. The Balaban J connectivity index is 1.87. The first-order chi connectivity index (χ1) is 12.5. The fourth-order valence-electron chi connectivity index (χ4n) is 2.75. The molecule has 26 heavy (non-hydrogen) atoms. The van der Waals surface area contributed by atoms with Gasteiger partial charge in [0, 0.05) is 6.54 Å². The number of esters is 1. The Morgan fingerprint density at radius 1 is 1.27 bits per heavy atom. The number of thiophene rings is 1. The highest BCUT2D eigenvalue weighted by atomic mass is 32.1. The van der Waals surface area contributed by atoms with Gasteiger partial charge < -0.3 is 9.47 Å². The molecule has 7 heteroatoms. The van der Waals surface area contributed by atoms with Gasteiger partial charge in [-0.05, 0) is 43.5 Å². The van der Waals surface area contributed by atoms with Crippen LogP contribution in [0.3, 0.4) is 0 Å². The number of carbonyl (C=O) groups excluding carboxylic acids is 1. The van der Waals surface area contributed by atoms with Crippen molar-refractivity contribution in [3.8, 4) is 5.75 Å². The van der Waals surface area contributed by atoms with Gasteiger partial charge in [-0.2, -0.15) is 0 Å². The molecule has 0 unspecified atom stereocenters. The van der Waals surface area contributed by atoms with Crippen molar-refractivity contribution in [2.24, 2.45) is 0 Å². The van der Waals surface area contributed by atoms with Crippen LogP contribution in [0.2, 0.25) is 0 Å². The number of aromatic nitrogens is 2. The smallest absolute Gasteiger partial charge is 0.348 e. The van der Waals surface area contributed by atoms with Gasteiger partial charge >= 0.3 is 5.97 Å². The summed E-state index contributed by atoms with van der Waals surface area (Å²) in [5.41, 5.74) is 1.61. The highest BCUT2D eigenvalue weighted by Gasteiger charge is 2.20. The first kappa shape index (κ1) is 18.1. The Labute approximate surface area is 155 Å². The Bertz CT molecular complexity index is 989. The zero-order chi connectivity index (χ0) is 18.7. The second-order valence-electron chi connectivity index (χ2n) is 5.80. The molecule has 6 nitrogen and oxygen atoms in total. The van der Waals surface area contributed by atoms with Crippen LogP contribution in [0.15, 0.2) is 35.4 Å². The number of rotatable bonds is 6. The van der Waals surface area contributed by atoms with E-state index < -0.39 is 5.97 Å². The average Bonchev–Trinajstić information content (AvgIpc) is 2.99. The van der Waals surface area contributed by atoms with E-state index >= 15 is 0 Å². The Kier molecular flexibility index (Phi) is 5.37. The Hall–Kier alpha value is -2.67. The minimum absolute atomic E-state index is 0.132. The molecule has 0 aliphatic carbocycles. The number of hydrogen-bond donors (Lipinski definition) is 0. The third kappa shape index (κ3) is 3.48. The molecule has 136 valence electrons. The summed E-state index contributed by atoms with van der Waals surface area (Å²) < 4.78 is 11.8. The molecular weight excluding hydrogens is 352 g/mol. The molecule has 0 spiro atoms.